The number of carbonyl (C=O) groups excluding carboxylic acids is 2. The minimum atomic E-state index is -0.312. The Bertz CT molecular complexity index is 655. The smallest absolute Gasteiger partial charge is 0.291 e. The number of hydrogen-bond donors (Lipinski definition) is 2. The van der Waals surface area contributed by atoms with Gasteiger partial charge in [0.1, 0.15) is 0 Å². The molecule has 2 heterocycles. The molecule has 3 rings (SSSR count). The molecule has 0 saturated heterocycles. The highest BCUT2D eigenvalue weighted by molar-refractivity contribution is 7.18. The van der Waals surface area contributed by atoms with Gasteiger partial charge in [0.05, 0.1) is 16.1 Å². The molecule has 1 fully saturated rings. The first-order valence-electron chi connectivity index (χ1n) is 7.98. The van der Waals surface area contributed by atoms with Gasteiger partial charge in [-0.2, -0.15) is 0 Å². The molecule has 23 heavy (non-hydrogen) atoms. The number of rotatable bonds is 4. The van der Waals surface area contributed by atoms with Gasteiger partial charge in [-0.15, -0.1) is 11.3 Å². The average Bonchev–Trinajstić information content (AvgIpc) is 3.16. The van der Waals surface area contributed by atoms with E-state index in [2.05, 4.69) is 10.6 Å². The van der Waals surface area contributed by atoms with Gasteiger partial charge in [-0.3, -0.25) is 9.59 Å². The molecule has 2 amide bonds. The lowest BCUT2D eigenvalue weighted by Crippen LogP contribution is -2.33. The first-order valence-corrected chi connectivity index (χ1v) is 8.79. The summed E-state index contributed by atoms with van der Waals surface area (Å²) < 4.78 is 5.05. The molecular formula is C17H20N2O3S. The third-order valence-corrected chi connectivity index (χ3v) is 5.00. The Balaban J connectivity index is 1.57. The Labute approximate surface area is 139 Å². The number of nitrogens with one attached hydrogen (secondary N) is 2. The van der Waals surface area contributed by atoms with E-state index in [1.165, 1.54) is 43.3 Å². The summed E-state index contributed by atoms with van der Waals surface area (Å²) in [7, 11) is 0. The van der Waals surface area contributed by atoms with Crippen molar-refractivity contribution in [3.63, 3.8) is 0 Å². The minimum absolute atomic E-state index is 0.0552. The predicted octanol–water partition coefficient (Wildman–Crippen LogP) is 4.05. The second-order valence-corrected chi connectivity index (χ2v) is 6.84. The lowest BCUT2D eigenvalue weighted by Gasteiger charge is -2.15. The zero-order valence-corrected chi connectivity index (χ0v) is 13.7. The topological polar surface area (TPSA) is 71.3 Å². The van der Waals surface area contributed by atoms with Gasteiger partial charge in [0.25, 0.3) is 11.8 Å². The normalized spacial score (nSPS) is 15.8. The van der Waals surface area contributed by atoms with Crippen molar-refractivity contribution in [2.45, 2.75) is 44.6 Å². The number of amides is 2. The van der Waals surface area contributed by atoms with Crippen LogP contribution in [0.3, 0.4) is 0 Å². The van der Waals surface area contributed by atoms with Gasteiger partial charge in [-0.25, -0.2) is 0 Å². The van der Waals surface area contributed by atoms with E-state index in [1.54, 1.807) is 24.3 Å². The molecule has 0 aliphatic heterocycles. The molecule has 1 aliphatic carbocycles. The second kappa shape index (κ2) is 7.46. The fraction of sp³-hybridized carbons (Fsp3) is 0.412. The van der Waals surface area contributed by atoms with Gasteiger partial charge in [0, 0.05) is 6.04 Å². The van der Waals surface area contributed by atoms with E-state index in [9.17, 15) is 9.59 Å². The van der Waals surface area contributed by atoms with Gasteiger partial charge in [0.15, 0.2) is 5.76 Å². The summed E-state index contributed by atoms with van der Waals surface area (Å²) in [6, 6.07) is 7.02. The maximum absolute atomic E-state index is 12.3. The van der Waals surface area contributed by atoms with Crippen LogP contribution in [0.15, 0.2) is 34.9 Å². The van der Waals surface area contributed by atoms with Crippen LogP contribution in [-0.4, -0.2) is 17.9 Å². The Morgan fingerprint density at radius 3 is 2.52 bits per heavy atom. The highest BCUT2D eigenvalue weighted by Gasteiger charge is 2.18. The zero-order chi connectivity index (χ0) is 16.1. The van der Waals surface area contributed by atoms with Crippen molar-refractivity contribution in [2.24, 2.45) is 0 Å². The second-order valence-electron chi connectivity index (χ2n) is 5.76. The molecule has 5 nitrogen and oxygen atoms in total. The van der Waals surface area contributed by atoms with Crippen molar-refractivity contribution in [3.05, 3.63) is 41.2 Å². The van der Waals surface area contributed by atoms with E-state index >= 15 is 0 Å². The number of hydrogen-bond acceptors (Lipinski definition) is 4. The summed E-state index contributed by atoms with van der Waals surface area (Å²) >= 11 is 1.27. The fourth-order valence-corrected chi connectivity index (χ4v) is 3.59. The Morgan fingerprint density at radius 2 is 1.83 bits per heavy atom. The Morgan fingerprint density at radius 1 is 1.04 bits per heavy atom. The van der Waals surface area contributed by atoms with E-state index in [1.807, 2.05) is 0 Å². The lowest BCUT2D eigenvalue weighted by atomic mass is 10.1. The van der Waals surface area contributed by atoms with Crippen LogP contribution in [0.5, 0.6) is 0 Å². The maximum Gasteiger partial charge on any atom is 0.291 e. The fourth-order valence-electron chi connectivity index (χ4n) is 2.79. The SMILES string of the molecule is O=C(Nc1ccc(C(=O)NC2CCCCCC2)s1)c1ccco1. The van der Waals surface area contributed by atoms with Crippen LogP contribution < -0.4 is 10.6 Å². The molecular weight excluding hydrogens is 312 g/mol. The molecule has 0 atom stereocenters. The molecule has 122 valence electrons. The van der Waals surface area contributed by atoms with Crippen LogP contribution in [0.4, 0.5) is 5.00 Å². The molecule has 0 radical (unpaired) electrons. The average molecular weight is 332 g/mol. The highest BCUT2D eigenvalue weighted by atomic mass is 32.1. The molecule has 0 spiro atoms. The first kappa shape index (κ1) is 15.8. The molecule has 0 bridgehead atoms. The summed E-state index contributed by atoms with van der Waals surface area (Å²) in [5.41, 5.74) is 0. The maximum atomic E-state index is 12.3. The van der Waals surface area contributed by atoms with Crippen molar-refractivity contribution in [1.29, 1.82) is 0 Å². The molecule has 6 heteroatoms. The molecule has 1 aliphatic rings. The third-order valence-electron chi connectivity index (χ3n) is 4.00. The van der Waals surface area contributed by atoms with Gasteiger partial charge < -0.3 is 15.1 Å². The van der Waals surface area contributed by atoms with Crippen LogP contribution in [0, 0.1) is 0 Å². The van der Waals surface area contributed by atoms with E-state index < -0.39 is 0 Å². The van der Waals surface area contributed by atoms with Crippen LogP contribution in [-0.2, 0) is 0 Å². The third kappa shape index (κ3) is 4.22. The van der Waals surface area contributed by atoms with E-state index in [0.29, 0.717) is 9.88 Å². The molecule has 0 aromatic carbocycles. The van der Waals surface area contributed by atoms with Crippen molar-refractivity contribution >= 4 is 28.2 Å². The Hall–Kier alpha value is -2.08. The summed E-state index contributed by atoms with van der Waals surface area (Å²) in [5, 5.41) is 6.49. The molecule has 2 N–H and O–H groups in total. The molecule has 2 aromatic rings. The predicted molar refractivity (Wildman–Crippen MR) is 89.9 cm³/mol. The van der Waals surface area contributed by atoms with E-state index in [-0.39, 0.29) is 23.6 Å². The van der Waals surface area contributed by atoms with Gasteiger partial charge in [-0.1, -0.05) is 25.7 Å². The summed E-state index contributed by atoms with van der Waals surface area (Å²) in [6.45, 7) is 0. The van der Waals surface area contributed by atoms with Crippen molar-refractivity contribution in [3.8, 4) is 0 Å². The summed E-state index contributed by atoms with van der Waals surface area (Å²) in [4.78, 5) is 24.8. The van der Waals surface area contributed by atoms with Crippen LogP contribution in [0.25, 0.3) is 0 Å². The van der Waals surface area contributed by atoms with Crippen LogP contribution in [0.2, 0.25) is 0 Å². The largest absolute Gasteiger partial charge is 0.459 e. The van der Waals surface area contributed by atoms with Crippen molar-refractivity contribution in [2.75, 3.05) is 5.32 Å². The molecule has 0 unspecified atom stereocenters. The van der Waals surface area contributed by atoms with Crippen molar-refractivity contribution < 1.29 is 14.0 Å². The Kier molecular flexibility index (Phi) is 5.12. The molecule has 2 aromatic heterocycles. The molecule has 1 saturated carbocycles. The lowest BCUT2D eigenvalue weighted by molar-refractivity contribution is 0.0936. The highest BCUT2D eigenvalue weighted by Crippen LogP contribution is 2.24. The quantitative estimate of drug-likeness (QED) is 0.830. The van der Waals surface area contributed by atoms with E-state index in [4.69, 9.17) is 4.42 Å². The van der Waals surface area contributed by atoms with Gasteiger partial charge >= 0.3 is 0 Å². The minimum Gasteiger partial charge on any atom is -0.459 e. The number of furan rings is 1. The first-order chi connectivity index (χ1) is 11.2. The summed E-state index contributed by atoms with van der Waals surface area (Å²) in [5.74, 6) is -0.115. The number of thiophene rings is 1. The van der Waals surface area contributed by atoms with Crippen LogP contribution in [0.1, 0.15) is 58.8 Å². The summed E-state index contributed by atoms with van der Waals surface area (Å²) in [6.07, 6.45) is 8.44. The van der Waals surface area contributed by atoms with Crippen molar-refractivity contribution in [1.82, 2.24) is 5.32 Å². The van der Waals surface area contributed by atoms with Gasteiger partial charge in [0.2, 0.25) is 0 Å². The number of carbonyl (C=O) groups is 2. The number of anilines is 1. The van der Waals surface area contributed by atoms with Gasteiger partial charge in [-0.05, 0) is 37.1 Å². The monoisotopic (exact) mass is 332 g/mol. The van der Waals surface area contributed by atoms with E-state index in [0.717, 1.165) is 12.8 Å². The van der Waals surface area contributed by atoms with Crippen LogP contribution >= 0.6 is 11.3 Å². The standard InChI is InChI=1S/C17H20N2O3S/c20-16(13-8-5-11-22-13)19-15-10-9-14(23-15)17(21)18-12-6-3-1-2-4-7-12/h5,8-12H,1-4,6-7H2,(H,18,21)(H,19,20). The zero-order valence-electron chi connectivity index (χ0n) is 12.8.